The molecule has 0 aromatic heterocycles. The first-order chi connectivity index (χ1) is 15.1. The van der Waals surface area contributed by atoms with Crippen LogP contribution < -0.4 is 6.15 Å². The molecule has 0 amide bonds. The molecular weight excluding hydrogens is 422 g/mol. The van der Waals surface area contributed by atoms with E-state index in [9.17, 15) is 8.42 Å². The van der Waals surface area contributed by atoms with Crippen LogP contribution in [0, 0.1) is 0 Å². The van der Waals surface area contributed by atoms with E-state index in [-0.39, 0.29) is 12.8 Å². The van der Waals surface area contributed by atoms with Gasteiger partial charge in [-0.05, 0) is 6.42 Å². The standard InChI is InChI=1S/C26H54O4S.H3N/c1-2-3-4-5-6-7-8-9-10-11-12-13-14-15-16-17-18-19-20-21-22-23-24-25-26-30-31(27,28)29;/h2-26H2,1H3,(H,27,28,29);1H3/p+1. The summed E-state index contributed by atoms with van der Waals surface area (Å²) >= 11 is 0. The molecular formula is C26H58NO4S+. The van der Waals surface area contributed by atoms with Crippen molar-refractivity contribution < 1.29 is 17.2 Å². The molecule has 0 heterocycles. The molecule has 32 heavy (non-hydrogen) atoms. The molecule has 0 atom stereocenters. The first-order valence-electron chi connectivity index (χ1n) is 13.7. The Morgan fingerprint density at radius 3 is 0.906 bits per heavy atom. The fourth-order valence-corrected chi connectivity index (χ4v) is 4.56. The smallest absolute Gasteiger partial charge is 0.369 e. The maximum Gasteiger partial charge on any atom is 0.397 e. The summed E-state index contributed by atoms with van der Waals surface area (Å²) in [7, 11) is -4.25. The van der Waals surface area contributed by atoms with Crippen molar-refractivity contribution in [1.82, 2.24) is 6.15 Å². The van der Waals surface area contributed by atoms with Crippen LogP contribution in [0.2, 0.25) is 0 Å². The number of rotatable bonds is 26. The van der Waals surface area contributed by atoms with Gasteiger partial charge in [0.15, 0.2) is 0 Å². The second-order valence-electron chi connectivity index (χ2n) is 9.38. The third kappa shape index (κ3) is 32.0. The average Bonchev–Trinajstić information content (AvgIpc) is 2.73. The van der Waals surface area contributed by atoms with E-state index in [1.54, 1.807) is 0 Å². The van der Waals surface area contributed by atoms with Crippen molar-refractivity contribution >= 4 is 10.4 Å². The van der Waals surface area contributed by atoms with E-state index in [1.807, 2.05) is 0 Å². The highest BCUT2D eigenvalue weighted by atomic mass is 32.3. The lowest BCUT2D eigenvalue weighted by atomic mass is 10.0. The van der Waals surface area contributed by atoms with Gasteiger partial charge in [0, 0.05) is 0 Å². The normalized spacial score (nSPS) is 11.6. The SMILES string of the molecule is CCCCCCCCCCCCCCCCCCCCCCCCCCOS(=O)(=O)O.[NH4+]. The van der Waals surface area contributed by atoms with Gasteiger partial charge in [-0.1, -0.05) is 155 Å². The summed E-state index contributed by atoms with van der Waals surface area (Å²) in [6.07, 6.45) is 32.2. The van der Waals surface area contributed by atoms with Gasteiger partial charge in [0.1, 0.15) is 0 Å². The summed E-state index contributed by atoms with van der Waals surface area (Å²) in [5, 5.41) is 0. The van der Waals surface area contributed by atoms with Crippen LogP contribution in [-0.2, 0) is 14.6 Å². The monoisotopic (exact) mass is 480 g/mol. The van der Waals surface area contributed by atoms with Crippen LogP contribution in [0.1, 0.15) is 161 Å². The van der Waals surface area contributed by atoms with Gasteiger partial charge < -0.3 is 6.15 Å². The second kappa shape index (κ2) is 27.1. The van der Waals surface area contributed by atoms with E-state index in [0.717, 1.165) is 12.8 Å². The minimum atomic E-state index is -4.25. The molecule has 0 unspecified atom stereocenters. The zero-order valence-electron chi connectivity index (χ0n) is 21.8. The molecule has 0 fully saturated rings. The average molecular weight is 481 g/mol. The molecule has 196 valence electrons. The van der Waals surface area contributed by atoms with Gasteiger partial charge in [0.25, 0.3) is 0 Å². The van der Waals surface area contributed by atoms with E-state index in [4.69, 9.17) is 4.55 Å². The summed E-state index contributed by atoms with van der Waals surface area (Å²) in [6.45, 7) is 2.38. The summed E-state index contributed by atoms with van der Waals surface area (Å²) in [5.74, 6) is 0. The molecule has 0 aliphatic carbocycles. The Kier molecular flexibility index (Phi) is 28.8. The van der Waals surface area contributed by atoms with Crippen LogP contribution in [0.5, 0.6) is 0 Å². The van der Waals surface area contributed by atoms with E-state index in [0.29, 0.717) is 6.42 Å². The lowest BCUT2D eigenvalue weighted by Crippen LogP contribution is -2.04. The molecule has 0 rings (SSSR count). The summed E-state index contributed by atoms with van der Waals surface area (Å²) in [6, 6.07) is 0. The van der Waals surface area contributed by atoms with Gasteiger partial charge in [-0.15, -0.1) is 0 Å². The maximum atomic E-state index is 10.4. The molecule has 0 saturated carbocycles. The van der Waals surface area contributed by atoms with E-state index < -0.39 is 10.4 Å². The molecule has 0 radical (unpaired) electrons. The topological polar surface area (TPSA) is 100 Å². The predicted molar refractivity (Wildman–Crippen MR) is 140 cm³/mol. The van der Waals surface area contributed by atoms with Crippen LogP contribution in [0.4, 0.5) is 0 Å². The van der Waals surface area contributed by atoms with Crippen molar-refractivity contribution in [3.05, 3.63) is 0 Å². The van der Waals surface area contributed by atoms with E-state index in [2.05, 4.69) is 11.1 Å². The molecule has 0 aromatic rings. The molecule has 5 N–H and O–H groups in total. The summed E-state index contributed by atoms with van der Waals surface area (Å²) in [4.78, 5) is 0. The number of hydrogen-bond acceptors (Lipinski definition) is 3. The van der Waals surface area contributed by atoms with Crippen molar-refractivity contribution in [2.45, 2.75) is 161 Å². The Balaban J connectivity index is 0. The lowest BCUT2D eigenvalue weighted by molar-refractivity contribution is 0.261. The largest absolute Gasteiger partial charge is 0.397 e. The molecule has 6 heteroatoms. The van der Waals surface area contributed by atoms with Crippen molar-refractivity contribution in [1.29, 1.82) is 0 Å². The van der Waals surface area contributed by atoms with Crippen molar-refractivity contribution in [2.24, 2.45) is 0 Å². The minimum Gasteiger partial charge on any atom is -0.369 e. The Hall–Kier alpha value is -0.170. The summed E-state index contributed by atoms with van der Waals surface area (Å²) < 4.78 is 33.5. The number of quaternary nitrogens is 1. The van der Waals surface area contributed by atoms with Gasteiger partial charge >= 0.3 is 10.4 Å². The van der Waals surface area contributed by atoms with Crippen LogP contribution in [-0.4, -0.2) is 19.6 Å². The number of hydrogen-bond donors (Lipinski definition) is 2. The number of unbranched alkanes of at least 4 members (excludes halogenated alkanes) is 23. The third-order valence-corrected chi connectivity index (χ3v) is 6.69. The van der Waals surface area contributed by atoms with Crippen molar-refractivity contribution in [3.63, 3.8) is 0 Å². The predicted octanol–water partition coefficient (Wildman–Crippen LogP) is 9.56. The van der Waals surface area contributed by atoms with Crippen LogP contribution >= 0.6 is 0 Å². The Labute approximate surface area is 201 Å². The molecule has 0 aromatic carbocycles. The van der Waals surface area contributed by atoms with Crippen molar-refractivity contribution in [3.8, 4) is 0 Å². The van der Waals surface area contributed by atoms with Gasteiger partial charge in [-0.2, -0.15) is 8.42 Å². The zero-order valence-corrected chi connectivity index (χ0v) is 22.6. The maximum absolute atomic E-state index is 10.4. The van der Waals surface area contributed by atoms with Crippen LogP contribution in [0.25, 0.3) is 0 Å². The van der Waals surface area contributed by atoms with E-state index >= 15 is 0 Å². The third-order valence-electron chi connectivity index (χ3n) is 6.23. The molecule has 5 nitrogen and oxygen atoms in total. The van der Waals surface area contributed by atoms with Crippen molar-refractivity contribution in [2.75, 3.05) is 6.61 Å². The molecule has 0 bridgehead atoms. The van der Waals surface area contributed by atoms with Gasteiger partial charge in [-0.3, -0.25) is 4.55 Å². The highest BCUT2D eigenvalue weighted by molar-refractivity contribution is 7.80. The molecule has 0 spiro atoms. The lowest BCUT2D eigenvalue weighted by Gasteiger charge is -2.04. The van der Waals surface area contributed by atoms with Crippen LogP contribution in [0.15, 0.2) is 0 Å². The second-order valence-corrected chi connectivity index (χ2v) is 10.5. The fourth-order valence-electron chi connectivity index (χ4n) is 4.23. The Morgan fingerprint density at radius 2 is 0.688 bits per heavy atom. The highest BCUT2D eigenvalue weighted by Crippen LogP contribution is 2.15. The first-order valence-corrected chi connectivity index (χ1v) is 15.0. The first kappa shape index (κ1) is 34.0. The molecule has 0 saturated heterocycles. The van der Waals surface area contributed by atoms with Gasteiger partial charge in [-0.25, -0.2) is 4.18 Å². The zero-order chi connectivity index (χ0) is 22.9. The fraction of sp³-hybridized carbons (Fsp3) is 1.00. The van der Waals surface area contributed by atoms with Crippen LogP contribution in [0.3, 0.4) is 0 Å². The Morgan fingerprint density at radius 1 is 0.469 bits per heavy atom. The molecule has 0 aliphatic heterocycles. The Bertz CT molecular complexity index is 443. The highest BCUT2D eigenvalue weighted by Gasteiger charge is 2.02. The van der Waals surface area contributed by atoms with Gasteiger partial charge in [0.05, 0.1) is 6.61 Å². The quantitative estimate of drug-likeness (QED) is 0.0950. The van der Waals surface area contributed by atoms with Gasteiger partial charge in [0.2, 0.25) is 0 Å². The summed E-state index contributed by atoms with van der Waals surface area (Å²) in [5.41, 5.74) is 0. The minimum absolute atomic E-state index is 0. The van der Waals surface area contributed by atoms with E-state index in [1.165, 1.54) is 135 Å². The molecule has 0 aliphatic rings.